The first kappa shape index (κ1) is 17.5. The van der Waals surface area contributed by atoms with Crippen LogP contribution in [0, 0.1) is 17.4 Å². The van der Waals surface area contributed by atoms with E-state index in [1.165, 1.54) is 5.56 Å². The quantitative estimate of drug-likeness (QED) is 0.375. The first-order valence-corrected chi connectivity index (χ1v) is 8.53. The highest BCUT2D eigenvalue weighted by atomic mass is 127. The minimum Gasteiger partial charge on any atom is -0.304 e. The fraction of sp³-hybridized carbons (Fsp3) is 0.150. The molecule has 2 rings (SSSR count). The molecule has 3 heteroatoms. The molecule has 0 bridgehead atoms. The highest BCUT2D eigenvalue weighted by Gasteiger charge is 2.17. The van der Waals surface area contributed by atoms with Crippen molar-refractivity contribution in [1.29, 1.82) is 0 Å². The van der Waals surface area contributed by atoms with E-state index in [0.29, 0.717) is 6.54 Å². The Hall–Kier alpha value is -1.88. The Morgan fingerprint density at radius 3 is 2.52 bits per heavy atom. The van der Waals surface area contributed by atoms with E-state index in [1.54, 1.807) is 17.1 Å². The van der Waals surface area contributed by atoms with Crippen LogP contribution in [-0.4, -0.2) is 12.5 Å². The van der Waals surface area contributed by atoms with Crippen molar-refractivity contribution >= 4 is 40.3 Å². The Labute approximate surface area is 151 Å². The summed E-state index contributed by atoms with van der Waals surface area (Å²) in [5.41, 5.74) is 4.26. The van der Waals surface area contributed by atoms with Crippen molar-refractivity contribution in [3.8, 4) is 0 Å². The number of benzene rings is 2. The molecule has 0 radical (unpaired) electrons. The molecule has 0 N–H and O–H groups in total. The SMILES string of the molecule is C=CCN(C(=O)/C=C/c1ccccc1)c1c(C)cc(C)cc1I. The fourth-order valence-electron chi connectivity index (χ4n) is 2.49. The summed E-state index contributed by atoms with van der Waals surface area (Å²) in [4.78, 5) is 14.5. The van der Waals surface area contributed by atoms with Gasteiger partial charge in [0.05, 0.1) is 5.69 Å². The van der Waals surface area contributed by atoms with Crippen LogP contribution in [-0.2, 0) is 4.79 Å². The van der Waals surface area contributed by atoms with Crippen LogP contribution in [0.15, 0.2) is 61.2 Å². The Bertz CT molecular complexity index is 712. The van der Waals surface area contributed by atoms with Gasteiger partial charge in [-0.15, -0.1) is 6.58 Å². The van der Waals surface area contributed by atoms with E-state index in [4.69, 9.17) is 0 Å². The number of amides is 1. The van der Waals surface area contributed by atoms with Crippen LogP contribution < -0.4 is 4.90 Å². The third-order valence-corrected chi connectivity index (χ3v) is 4.29. The van der Waals surface area contributed by atoms with Crippen LogP contribution in [0.5, 0.6) is 0 Å². The molecule has 0 atom stereocenters. The molecule has 118 valence electrons. The molecule has 0 saturated heterocycles. The monoisotopic (exact) mass is 417 g/mol. The predicted octanol–water partition coefficient (Wildman–Crippen LogP) is 5.14. The van der Waals surface area contributed by atoms with Crippen molar-refractivity contribution in [1.82, 2.24) is 0 Å². The van der Waals surface area contributed by atoms with Gasteiger partial charge in [-0.25, -0.2) is 0 Å². The van der Waals surface area contributed by atoms with Gasteiger partial charge in [0.15, 0.2) is 0 Å². The van der Waals surface area contributed by atoms with Crippen molar-refractivity contribution in [2.75, 3.05) is 11.4 Å². The highest BCUT2D eigenvalue weighted by molar-refractivity contribution is 14.1. The summed E-state index contributed by atoms with van der Waals surface area (Å²) in [6.07, 6.45) is 5.21. The molecule has 0 aliphatic carbocycles. The van der Waals surface area contributed by atoms with E-state index in [1.807, 2.05) is 43.3 Å². The zero-order valence-corrected chi connectivity index (χ0v) is 15.6. The van der Waals surface area contributed by atoms with Gasteiger partial charge < -0.3 is 4.90 Å². The van der Waals surface area contributed by atoms with Gasteiger partial charge in [0, 0.05) is 16.2 Å². The van der Waals surface area contributed by atoms with Crippen molar-refractivity contribution in [2.24, 2.45) is 0 Å². The molecule has 0 aliphatic rings. The number of rotatable bonds is 5. The van der Waals surface area contributed by atoms with Gasteiger partial charge in [0.1, 0.15) is 0 Å². The van der Waals surface area contributed by atoms with Gasteiger partial charge >= 0.3 is 0 Å². The standard InChI is InChI=1S/C20H20INO/c1-4-12-22(20-16(3)13-15(2)14-18(20)21)19(23)11-10-17-8-6-5-7-9-17/h4-11,13-14H,1,12H2,2-3H3/b11-10+. The van der Waals surface area contributed by atoms with E-state index in [-0.39, 0.29) is 5.91 Å². The minimum atomic E-state index is -0.0429. The predicted molar refractivity (Wildman–Crippen MR) is 107 cm³/mol. The number of hydrogen-bond donors (Lipinski definition) is 0. The van der Waals surface area contributed by atoms with Gasteiger partial charge in [-0.05, 0) is 65.3 Å². The molecule has 0 aliphatic heterocycles. The van der Waals surface area contributed by atoms with Crippen molar-refractivity contribution in [2.45, 2.75) is 13.8 Å². The van der Waals surface area contributed by atoms with Crippen LogP contribution in [0.3, 0.4) is 0 Å². The number of carbonyl (C=O) groups is 1. The second kappa shape index (κ2) is 8.11. The summed E-state index contributed by atoms with van der Waals surface area (Å²) in [6.45, 7) is 8.37. The zero-order chi connectivity index (χ0) is 16.8. The number of hydrogen-bond acceptors (Lipinski definition) is 1. The molecule has 0 saturated carbocycles. The third-order valence-electron chi connectivity index (χ3n) is 3.46. The molecule has 0 fully saturated rings. The maximum absolute atomic E-state index is 12.7. The first-order valence-electron chi connectivity index (χ1n) is 7.45. The number of aryl methyl sites for hydroxylation is 2. The van der Waals surface area contributed by atoms with Crippen LogP contribution in [0.25, 0.3) is 6.08 Å². The average molecular weight is 417 g/mol. The van der Waals surface area contributed by atoms with Crippen molar-refractivity contribution in [3.63, 3.8) is 0 Å². The summed E-state index contributed by atoms with van der Waals surface area (Å²) >= 11 is 2.29. The van der Waals surface area contributed by atoms with Crippen LogP contribution in [0.4, 0.5) is 5.69 Å². The summed E-state index contributed by atoms with van der Waals surface area (Å²) in [5, 5.41) is 0. The molecule has 23 heavy (non-hydrogen) atoms. The maximum atomic E-state index is 12.7. The second-order valence-corrected chi connectivity index (χ2v) is 6.56. The molecular weight excluding hydrogens is 397 g/mol. The molecule has 0 aromatic heterocycles. The largest absolute Gasteiger partial charge is 0.304 e. The van der Waals surface area contributed by atoms with E-state index in [2.05, 4.69) is 48.2 Å². The second-order valence-electron chi connectivity index (χ2n) is 5.39. The van der Waals surface area contributed by atoms with Crippen molar-refractivity contribution < 1.29 is 4.79 Å². The first-order chi connectivity index (χ1) is 11.0. The summed E-state index contributed by atoms with van der Waals surface area (Å²) < 4.78 is 1.07. The van der Waals surface area contributed by atoms with E-state index >= 15 is 0 Å². The smallest absolute Gasteiger partial charge is 0.251 e. The lowest BCUT2D eigenvalue weighted by molar-refractivity contribution is -0.114. The molecule has 0 unspecified atom stereocenters. The normalized spacial score (nSPS) is 10.7. The lowest BCUT2D eigenvalue weighted by Crippen LogP contribution is -2.30. The Balaban J connectivity index is 2.33. The molecule has 1 amide bonds. The summed E-state index contributed by atoms with van der Waals surface area (Å²) in [6, 6.07) is 14.0. The number of nitrogens with zero attached hydrogens (tertiary/aromatic N) is 1. The van der Waals surface area contributed by atoms with Crippen LogP contribution >= 0.6 is 22.6 Å². The van der Waals surface area contributed by atoms with Crippen LogP contribution in [0.2, 0.25) is 0 Å². The van der Waals surface area contributed by atoms with E-state index in [9.17, 15) is 4.79 Å². The fourth-order valence-corrected chi connectivity index (χ4v) is 3.70. The Kier molecular flexibility index (Phi) is 6.16. The lowest BCUT2D eigenvalue weighted by Gasteiger charge is -2.23. The van der Waals surface area contributed by atoms with Gasteiger partial charge in [0.2, 0.25) is 0 Å². The lowest BCUT2D eigenvalue weighted by atomic mass is 10.1. The molecular formula is C20H20INO. The van der Waals surface area contributed by atoms with Gasteiger partial charge in [-0.1, -0.05) is 42.5 Å². The van der Waals surface area contributed by atoms with Gasteiger partial charge in [-0.2, -0.15) is 0 Å². The maximum Gasteiger partial charge on any atom is 0.251 e. The zero-order valence-electron chi connectivity index (χ0n) is 13.4. The highest BCUT2D eigenvalue weighted by Crippen LogP contribution is 2.28. The van der Waals surface area contributed by atoms with E-state index in [0.717, 1.165) is 20.4 Å². The summed E-state index contributed by atoms with van der Waals surface area (Å²) in [5.74, 6) is -0.0429. The number of carbonyl (C=O) groups excluding carboxylic acids is 1. The molecule has 0 heterocycles. The van der Waals surface area contributed by atoms with E-state index < -0.39 is 0 Å². The number of halogens is 1. The number of anilines is 1. The Morgan fingerprint density at radius 1 is 1.22 bits per heavy atom. The molecule has 2 nitrogen and oxygen atoms in total. The third kappa shape index (κ3) is 4.55. The molecule has 0 spiro atoms. The minimum absolute atomic E-state index is 0.0429. The van der Waals surface area contributed by atoms with Crippen LogP contribution in [0.1, 0.15) is 16.7 Å². The molecule has 2 aromatic rings. The topological polar surface area (TPSA) is 20.3 Å². The van der Waals surface area contributed by atoms with Gasteiger partial charge in [0.25, 0.3) is 5.91 Å². The van der Waals surface area contributed by atoms with Crippen molar-refractivity contribution in [3.05, 3.63) is 81.5 Å². The van der Waals surface area contributed by atoms with Gasteiger partial charge in [-0.3, -0.25) is 4.79 Å². The summed E-state index contributed by atoms with van der Waals surface area (Å²) in [7, 11) is 0. The average Bonchev–Trinajstić information content (AvgIpc) is 2.52. The Morgan fingerprint density at radius 2 is 1.91 bits per heavy atom. The molecule has 2 aromatic carbocycles.